The molecule has 0 bridgehead atoms. The summed E-state index contributed by atoms with van der Waals surface area (Å²) in [6.07, 6.45) is 1.74. The fourth-order valence-electron chi connectivity index (χ4n) is 4.15. The van der Waals surface area contributed by atoms with Gasteiger partial charge in [0.15, 0.2) is 0 Å². The molecule has 0 saturated carbocycles. The van der Waals surface area contributed by atoms with Crippen LogP contribution in [-0.2, 0) is 13.1 Å². The number of amides is 1. The van der Waals surface area contributed by atoms with Crippen LogP contribution in [0.25, 0.3) is 10.9 Å². The summed E-state index contributed by atoms with van der Waals surface area (Å²) in [5, 5.41) is 3.12. The maximum Gasteiger partial charge on any atom is 0.328 e. The van der Waals surface area contributed by atoms with Gasteiger partial charge in [0.25, 0.3) is 11.5 Å². The number of pyridine rings is 1. The van der Waals surface area contributed by atoms with E-state index in [9.17, 15) is 14.4 Å². The number of aryl methyl sites for hydroxylation is 1. The van der Waals surface area contributed by atoms with E-state index in [1.54, 1.807) is 26.2 Å². The Morgan fingerprint density at radius 3 is 2.53 bits per heavy atom. The molecule has 1 saturated heterocycles. The summed E-state index contributed by atoms with van der Waals surface area (Å²) in [5.41, 5.74) is 3.53. The van der Waals surface area contributed by atoms with Crippen LogP contribution in [0.4, 0.5) is 5.69 Å². The zero-order chi connectivity index (χ0) is 22.8. The van der Waals surface area contributed by atoms with Crippen molar-refractivity contribution in [3.8, 4) is 0 Å². The molecule has 0 spiro atoms. The van der Waals surface area contributed by atoms with Gasteiger partial charge in [-0.3, -0.25) is 19.1 Å². The number of anilines is 1. The van der Waals surface area contributed by atoms with E-state index in [-0.39, 0.29) is 17.2 Å². The fraction of sp³-hybridized carbons (Fsp3) is 0.391. The monoisotopic (exact) mass is 436 g/mol. The van der Waals surface area contributed by atoms with Crippen molar-refractivity contribution in [1.82, 2.24) is 24.8 Å². The van der Waals surface area contributed by atoms with Crippen molar-refractivity contribution in [3.05, 3.63) is 68.1 Å². The Balaban J connectivity index is 1.46. The van der Waals surface area contributed by atoms with Crippen molar-refractivity contribution in [2.24, 2.45) is 0 Å². The Kier molecular flexibility index (Phi) is 6.09. The van der Waals surface area contributed by atoms with E-state index in [0.29, 0.717) is 23.1 Å². The van der Waals surface area contributed by atoms with Gasteiger partial charge < -0.3 is 15.2 Å². The fourth-order valence-corrected chi connectivity index (χ4v) is 4.15. The van der Waals surface area contributed by atoms with Crippen molar-refractivity contribution < 1.29 is 4.79 Å². The van der Waals surface area contributed by atoms with Crippen molar-refractivity contribution in [3.63, 3.8) is 0 Å². The Morgan fingerprint density at radius 1 is 1.16 bits per heavy atom. The molecule has 4 rings (SSSR count). The number of nitrogens with one attached hydrogen (secondary N) is 2. The first kappa shape index (κ1) is 21.8. The Hall–Kier alpha value is -3.46. The molecular weight excluding hydrogens is 408 g/mol. The molecule has 0 aliphatic carbocycles. The highest BCUT2D eigenvalue weighted by Crippen LogP contribution is 2.20. The second-order valence-corrected chi connectivity index (χ2v) is 8.05. The SMILES string of the molecule is CCn1c(=O)[nH]c2cc(CN3CCN(c4ccc(C(=O)NC)nc4)CC3)c(C)cc2c1=O. The van der Waals surface area contributed by atoms with Gasteiger partial charge in [-0.2, -0.15) is 0 Å². The van der Waals surface area contributed by atoms with Gasteiger partial charge in [-0.15, -0.1) is 0 Å². The van der Waals surface area contributed by atoms with Crippen LogP contribution in [0.3, 0.4) is 0 Å². The molecule has 0 atom stereocenters. The summed E-state index contributed by atoms with van der Waals surface area (Å²) >= 11 is 0. The Bertz CT molecular complexity index is 1250. The zero-order valence-electron chi connectivity index (χ0n) is 18.6. The number of carbonyl (C=O) groups excluding carboxylic acids is 1. The third-order valence-corrected chi connectivity index (χ3v) is 6.09. The van der Waals surface area contributed by atoms with Crippen LogP contribution in [-0.4, -0.2) is 58.6 Å². The molecule has 3 heterocycles. The number of hydrogen-bond donors (Lipinski definition) is 2. The highest BCUT2D eigenvalue weighted by atomic mass is 16.2. The lowest BCUT2D eigenvalue weighted by atomic mass is 10.0. The first-order valence-corrected chi connectivity index (χ1v) is 10.8. The lowest BCUT2D eigenvalue weighted by Crippen LogP contribution is -2.46. The van der Waals surface area contributed by atoms with E-state index < -0.39 is 0 Å². The van der Waals surface area contributed by atoms with Crippen LogP contribution >= 0.6 is 0 Å². The molecule has 0 radical (unpaired) electrons. The number of nitrogens with zero attached hydrogens (tertiary/aromatic N) is 4. The van der Waals surface area contributed by atoms with E-state index in [2.05, 4.69) is 25.1 Å². The number of aromatic amines is 1. The maximum atomic E-state index is 12.6. The smallest absolute Gasteiger partial charge is 0.328 e. The predicted molar refractivity (Wildman–Crippen MR) is 124 cm³/mol. The maximum absolute atomic E-state index is 12.6. The highest BCUT2D eigenvalue weighted by molar-refractivity contribution is 5.92. The van der Waals surface area contributed by atoms with Crippen molar-refractivity contribution in [2.75, 3.05) is 38.1 Å². The number of benzene rings is 1. The van der Waals surface area contributed by atoms with Crippen LogP contribution in [0, 0.1) is 6.92 Å². The average molecular weight is 437 g/mol. The van der Waals surface area contributed by atoms with Gasteiger partial charge in [-0.25, -0.2) is 9.78 Å². The molecule has 0 unspecified atom stereocenters. The average Bonchev–Trinajstić information content (AvgIpc) is 2.81. The molecule has 1 fully saturated rings. The Morgan fingerprint density at radius 2 is 1.91 bits per heavy atom. The zero-order valence-corrected chi connectivity index (χ0v) is 18.6. The lowest BCUT2D eigenvalue weighted by molar-refractivity contribution is 0.0958. The third-order valence-electron chi connectivity index (χ3n) is 6.09. The second-order valence-electron chi connectivity index (χ2n) is 8.05. The topological polar surface area (TPSA) is 103 Å². The number of rotatable bonds is 5. The first-order chi connectivity index (χ1) is 15.4. The molecule has 1 aliphatic rings. The van der Waals surface area contributed by atoms with Gasteiger partial charge in [0.2, 0.25) is 0 Å². The summed E-state index contributed by atoms with van der Waals surface area (Å²) in [6, 6.07) is 7.48. The van der Waals surface area contributed by atoms with E-state index in [0.717, 1.165) is 49.5 Å². The van der Waals surface area contributed by atoms with Gasteiger partial charge in [0.05, 0.1) is 22.8 Å². The largest absolute Gasteiger partial charge is 0.368 e. The summed E-state index contributed by atoms with van der Waals surface area (Å²) < 4.78 is 1.22. The van der Waals surface area contributed by atoms with Crippen molar-refractivity contribution >= 4 is 22.5 Å². The summed E-state index contributed by atoms with van der Waals surface area (Å²) in [4.78, 5) is 48.1. The molecule has 2 aromatic heterocycles. The molecule has 1 aromatic carbocycles. The number of H-pyrrole nitrogens is 1. The van der Waals surface area contributed by atoms with Gasteiger partial charge in [0, 0.05) is 46.3 Å². The van der Waals surface area contributed by atoms with Gasteiger partial charge >= 0.3 is 5.69 Å². The van der Waals surface area contributed by atoms with E-state index in [1.165, 1.54) is 4.57 Å². The predicted octanol–water partition coefficient (Wildman–Crippen LogP) is 1.09. The standard InChI is InChI=1S/C23H28N6O3/c1-4-29-22(31)18-11-15(2)16(12-20(18)26-23(29)32)14-27-7-9-28(10-8-27)17-5-6-19(25-13-17)21(30)24-3/h5-6,11-13H,4,7-10,14H2,1-3H3,(H,24,30)(H,26,32). The summed E-state index contributed by atoms with van der Waals surface area (Å²) in [7, 11) is 1.59. The molecule has 168 valence electrons. The quantitative estimate of drug-likeness (QED) is 0.621. The molecule has 9 heteroatoms. The van der Waals surface area contributed by atoms with E-state index in [4.69, 9.17) is 0 Å². The lowest BCUT2D eigenvalue weighted by Gasteiger charge is -2.36. The molecule has 9 nitrogen and oxygen atoms in total. The first-order valence-electron chi connectivity index (χ1n) is 10.8. The van der Waals surface area contributed by atoms with E-state index >= 15 is 0 Å². The van der Waals surface area contributed by atoms with Crippen LogP contribution in [0.5, 0.6) is 0 Å². The van der Waals surface area contributed by atoms with Gasteiger partial charge in [0.1, 0.15) is 5.69 Å². The molecular formula is C23H28N6O3. The minimum absolute atomic E-state index is 0.193. The van der Waals surface area contributed by atoms with Crippen molar-refractivity contribution in [2.45, 2.75) is 26.9 Å². The molecule has 1 amide bonds. The van der Waals surface area contributed by atoms with Crippen LogP contribution in [0.15, 0.2) is 40.1 Å². The minimum Gasteiger partial charge on any atom is -0.368 e. The minimum atomic E-state index is -0.371. The van der Waals surface area contributed by atoms with Crippen LogP contribution < -0.4 is 21.5 Å². The second kappa shape index (κ2) is 8.96. The highest BCUT2D eigenvalue weighted by Gasteiger charge is 2.19. The normalized spacial score (nSPS) is 14.7. The number of hydrogen-bond acceptors (Lipinski definition) is 6. The molecule has 2 N–H and O–H groups in total. The third kappa shape index (κ3) is 4.16. The van der Waals surface area contributed by atoms with Crippen LogP contribution in [0.1, 0.15) is 28.5 Å². The van der Waals surface area contributed by atoms with Crippen LogP contribution in [0.2, 0.25) is 0 Å². The molecule has 32 heavy (non-hydrogen) atoms. The molecule has 3 aromatic rings. The summed E-state index contributed by atoms with van der Waals surface area (Å²) in [6.45, 7) is 8.35. The Labute approximate surface area is 185 Å². The van der Waals surface area contributed by atoms with Crippen molar-refractivity contribution in [1.29, 1.82) is 0 Å². The van der Waals surface area contributed by atoms with Gasteiger partial charge in [-0.05, 0) is 49.2 Å². The number of fused-ring (bicyclic) bond motifs is 1. The molecule has 1 aliphatic heterocycles. The number of carbonyl (C=O) groups is 1. The van der Waals surface area contributed by atoms with E-state index in [1.807, 2.05) is 25.1 Å². The van der Waals surface area contributed by atoms with Gasteiger partial charge in [-0.1, -0.05) is 0 Å². The number of piperazine rings is 1. The summed E-state index contributed by atoms with van der Waals surface area (Å²) in [5.74, 6) is -0.193. The number of aromatic nitrogens is 3.